The Labute approximate surface area is 462 Å². The molecule has 392 valence electrons. The second-order valence-corrected chi connectivity index (χ2v) is 21.6. The van der Waals surface area contributed by atoms with Crippen LogP contribution in [0.3, 0.4) is 0 Å². The van der Waals surface area contributed by atoms with Crippen molar-refractivity contribution in [2.45, 2.75) is 141 Å². The molecule has 2 heteroatoms. The van der Waals surface area contributed by atoms with Crippen LogP contribution in [0.5, 0.6) is 0 Å². The Kier molecular flexibility index (Phi) is 16.0. The first-order chi connectivity index (χ1) is 37.2. The molecule has 0 fully saturated rings. The predicted octanol–water partition coefficient (Wildman–Crippen LogP) is 21.7. The summed E-state index contributed by atoms with van der Waals surface area (Å²) in [5.41, 5.74) is 30.5. The molecular weight excluding hydrogens is 929 g/mol. The van der Waals surface area contributed by atoms with Gasteiger partial charge in [0.1, 0.15) is 0 Å². The van der Waals surface area contributed by atoms with Gasteiger partial charge in [-0.05, 0) is 278 Å². The first-order valence-corrected chi connectivity index (χ1v) is 28.7. The number of allylic oxidation sites excluding steroid dienone is 11. The van der Waals surface area contributed by atoms with Gasteiger partial charge < -0.3 is 9.80 Å². The third-order valence-corrected chi connectivity index (χ3v) is 17.4. The SMILES string of the molecule is C=CC1=CCCC(c2cc(N(c3cc(C)c(C)c(C)c3)c3cc(CC)c(CC)c(CC)c3)c3ccc4c(/C(C=C)=C/C(C=C)=C\C)cc(N(c5cc(C)c(C)c(C)c5)c5cc(CC)c(CC)c(CC)c5)c5ccc2c3c45)=C1. The second kappa shape index (κ2) is 22.7. The molecule has 0 heterocycles. The summed E-state index contributed by atoms with van der Waals surface area (Å²) in [6, 6.07) is 34.3. The smallest absolute Gasteiger partial charge is 0.0546 e. The molecule has 9 rings (SSSR count). The number of benzene rings is 8. The minimum atomic E-state index is 0.940. The van der Waals surface area contributed by atoms with E-state index in [2.05, 4.69) is 229 Å². The molecule has 2 nitrogen and oxygen atoms in total. The molecule has 0 radical (unpaired) electrons. The number of anilines is 6. The van der Waals surface area contributed by atoms with Crippen molar-refractivity contribution in [3.63, 3.8) is 0 Å². The van der Waals surface area contributed by atoms with Gasteiger partial charge in [0.25, 0.3) is 0 Å². The molecule has 1 aliphatic carbocycles. The molecule has 0 aromatic heterocycles. The van der Waals surface area contributed by atoms with Crippen LogP contribution in [0, 0.1) is 41.5 Å². The van der Waals surface area contributed by atoms with Gasteiger partial charge in [-0.3, -0.25) is 0 Å². The number of hydrogen-bond donors (Lipinski definition) is 0. The van der Waals surface area contributed by atoms with E-state index in [4.69, 9.17) is 0 Å². The molecule has 0 aliphatic heterocycles. The number of hydrogen-bond acceptors (Lipinski definition) is 2. The minimum absolute atomic E-state index is 0.940. The highest BCUT2D eigenvalue weighted by molar-refractivity contribution is 6.31. The molecule has 0 atom stereocenters. The molecule has 8 aromatic carbocycles. The fraction of sp³-hybridized carbons (Fsp3) is 0.280. The van der Waals surface area contributed by atoms with Gasteiger partial charge in [0, 0.05) is 44.3 Å². The predicted molar refractivity (Wildman–Crippen MR) is 342 cm³/mol. The van der Waals surface area contributed by atoms with Gasteiger partial charge in [0.2, 0.25) is 0 Å². The first kappa shape index (κ1) is 54.4. The summed E-state index contributed by atoms with van der Waals surface area (Å²) in [7, 11) is 0. The van der Waals surface area contributed by atoms with Gasteiger partial charge in [-0.2, -0.15) is 0 Å². The van der Waals surface area contributed by atoms with Crippen LogP contribution < -0.4 is 9.80 Å². The van der Waals surface area contributed by atoms with E-state index < -0.39 is 0 Å². The number of nitrogens with zero attached hydrogens (tertiary/aromatic N) is 2. The maximum atomic E-state index is 4.54. The third-order valence-electron chi connectivity index (χ3n) is 17.4. The van der Waals surface area contributed by atoms with E-state index in [1.165, 1.54) is 139 Å². The van der Waals surface area contributed by atoms with Gasteiger partial charge in [0.05, 0.1) is 11.4 Å². The highest BCUT2D eigenvalue weighted by Crippen LogP contribution is 2.53. The minimum Gasteiger partial charge on any atom is -0.310 e. The monoisotopic (exact) mass is 1010 g/mol. The quantitative estimate of drug-likeness (QED) is 0.0624. The lowest BCUT2D eigenvalue weighted by atomic mass is 9.83. The van der Waals surface area contributed by atoms with Crippen molar-refractivity contribution in [1.29, 1.82) is 0 Å². The van der Waals surface area contributed by atoms with Crippen LogP contribution in [0.15, 0.2) is 158 Å². The summed E-state index contributed by atoms with van der Waals surface area (Å²) in [6.45, 7) is 42.6. The molecular formula is C75H82N2. The highest BCUT2D eigenvalue weighted by atomic mass is 15.2. The Morgan fingerprint density at radius 2 is 0.935 bits per heavy atom. The molecule has 0 saturated carbocycles. The maximum absolute atomic E-state index is 4.54. The zero-order valence-electron chi connectivity index (χ0n) is 48.8. The van der Waals surface area contributed by atoms with Gasteiger partial charge in [-0.25, -0.2) is 0 Å². The van der Waals surface area contributed by atoms with Crippen LogP contribution in [0.2, 0.25) is 0 Å². The summed E-state index contributed by atoms with van der Waals surface area (Å²) in [4.78, 5) is 5.19. The number of rotatable bonds is 18. The van der Waals surface area contributed by atoms with Gasteiger partial charge in [-0.15, -0.1) is 0 Å². The van der Waals surface area contributed by atoms with Crippen molar-refractivity contribution in [2.75, 3.05) is 9.80 Å². The average Bonchev–Trinajstić information content (AvgIpc) is 3.45. The standard InChI is InChI=1S/C75H82N2/c1-17-52(18-2)38-54(20-4)70-44-72(76(60-34-46(11)50(15)47(12)35-60)62-40-55(21-5)64(25-9)56(22-6)41-62)68-33-31-67-71(59-29-27-28-53(19-3)39-59)45-73(69-32-30-66(70)74(68)75(67)69)77(61-36-48(13)51(16)49(14)37-61)63-42-57(23-7)65(26-10)58(24-8)43-63/h17-20,28,30-45H,1,3-4,21-27,29H2,2,5-16H3/b52-18-,54-38+. The number of aryl methyl sites for hydroxylation is 8. The Morgan fingerprint density at radius 1 is 0.506 bits per heavy atom. The molecule has 0 saturated heterocycles. The average molecular weight is 1010 g/mol. The van der Waals surface area contributed by atoms with Gasteiger partial charge >= 0.3 is 0 Å². The van der Waals surface area contributed by atoms with E-state index in [-0.39, 0.29) is 0 Å². The van der Waals surface area contributed by atoms with E-state index in [1.54, 1.807) is 0 Å². The van der Waals surface area contributed by atoms with Crippen LogP contribution in [-0.4, -0.2) is 0 Å². The fourth-order valence-electron chi connectivity index (χ4n) is 12.7. The molecule has 0 unspecified atom stereocenters. The third kappa shape index (κ3) is 9.75. The molecule has 0 bridgehead atoms. The molecule has 0 amide bonds. The maximum Gasteiger partial charge on any atom is 0.0546 e. The summed E-state index contributed by atoms with van der Waals surface area (Å²) < 4.78 is 0. The summed E-state index contributed by atoms with van der Waals surface area (Å²) >= 11 is 0. The normalized spacial score (nSPS) is 13.2. The lowest BCUT2D eigenvalue weighted by Crippen LogP contribution is -2.15. The van der Waals surface area contributed by atoms with Crippen LogP contribution in [0.25, 0.3) is 43.5 Å². The zero-order chi connectivity index (χ0) is 55.0. The van der Waals surface area contributed by atoms with Gasteiger partial charge in [0.15, 0.2) is 0 Å². The second-order valence-electron chi connectivity index (χ2n) is 21.6. The summed E-state index contributed by atoms with van der Waals surface area (Å²) in [5.74, 6) is 0. The molecule has 77 heavy (non-hydrogen) atoms. The van der Waals surface area contributed by atoms with Crippen LogP contribution >= 0.6 is 0 Å². The van der Waals surface area contributed by atoms with Crippen molar-refractivity contribution in [1.82, 2.24) is 0 Å². The Balaban J connectivity index is 1.54. The van der Waals surface area contributed by atoms with Crippen molar-refractivity contribution in [3.05, 3.63) is 236 Å². The van der Waals surface area contributed by atoms with E-state index in [0.717, 1.165) is 79.5 Å². The molecule has 1 aliphatic rings. The lowest BCUT2D eigenvalue weighted by molar-refractivity contribution is 0.978. The van der Waals surface area contributed by atoms with Crippen LogP contribution in [0.1, 0.15) is 139 Å². The summed E-state index contributed by atoms with van der Waals surface area (Å²) in [6.07, 6.45) is 22.9. The lowest BCUT2D eigenvalue weighted by Gasteiger charge is -2.33. The Hall–Kier alpha value is -7.42. The van der Waals surface area contributed by atoms with E-state index in [9.17, 15) is 0 Å². The summed E-state index contributed by atoms with van der Waals surface area (Å²) in [5, 5.41) is 7.41. The van der Waals surface area contributed by atoms with Crippen LogP contribution in [0.4, 0.5) is 34.1 Å². The first-order valence-electron chi connectivity index (χ1n) is 28.7. The van der Waals surface area contributed by atoms with Crippen molar-refractivity contribution in [3.8, 4) is 0 Å². The van der Waals surface area contributed by atoms with E-state index in [0.29, 0.717) is 0 Å². The highest BCUT2D eigenvalue weighted by Gasteiger charge is 2.28. The molecule has 0 spiro atoms. The van der Waals surface area contributed by atoms with Gasteiger partial charge in [-0.1, -0.05) is 122 Å². The Bertz CT molecular complexity index is 3680. The topological polar surface area (TPSA) is 6.48 Å². The van der Waals surface area contributed by atoms with Crippen molar-refractivity contribution >= 4 is 77.6 Å². The van der Waals surface area contributed by atoms with Crippen molar-refractivity contribution in [2.24, 2.45) is 0 Å². The van der Waals surface area contributed by atoms with E-state index in [1.807, 2.05) is 18.2 Å². The van der Waals surface area contributed by atoms with E-state index >= 15 is 0 Å². The molecule has 0 N–H and O–H groups in total. The fourth-order valence-corrected chi connectivity index (χ4v) is 12.7. The van der Waals surface area contributed by atoms with Crippen LogP contribution in [-0.2, 0) is 38.5 Å². The Morgan fingerprint density at radius 3 is 1.35 bits per heavy atom. The van der Waals surface area contributed by atoms with Crippen molar-refractivity contribution < 1.29 is 0 Å². The zero-order valence-corrected chi connectivity index (χ0v) is 48.8. The molecule has 8 aromatic rings. The largest absolute Gasteiger partial charge is 0.310 e.